The van der Waals surface area contributed by atoms with Gasteiger partial charge in [-0.3, -0.25) is 0 Å². The lowest BCUT2D eigenvalue weighted by Crippen LogP contribution is -2.04. The quantitative estimate of drug-likeness (QED) is 0.606. The van der Waals surface area contributed by atoms with Crippen LogP contribution in [0.3, 0.4) is 0 Å². The topological polar surface area (TPSA) is 30.5 Å². The van der Waals surface area contributed by atoms with Crippen LogP contribution in [0, 0.1) is 0 Å². The van der Waals surface area contributed by atoms with E-state index in [2.05, 4.69) is 37.4 Å². The van der Waals surface area contributed by atoms with Crippen molar-refractivity contribution in [1.29, 1.82) is 0 Å². The second-order valence-corrected chi connectivity index (χ2v) is 5.55. The summed E-state index contributed by atoms with van der Waals surface area (Å²) in [5, 5.41) is 3.46. The van der Waals surface area contributed by atoms with Crippen LogP contribution in [0.5, 0.6) is 11.5 Å². The second kappa shape index (κ2) is 9.78. The molecule has 0 spiro atoms. The molecule has 124 valence electrons. The maximum Gasteiger partial charge on any atom is 0.142 e. The average molecular weight is 313 g/mol. The molecule has 0 aromatic heterocycles. The number of unbranched alkanes of at least 4 members (excludes halogenated alkanes) is 1. The summed E-state index contributed by atoms with van der Waals surface area (Å²) in [6, 6.07) is 16.3. The van der Waals surface area contributed by atoms with Gasteiger partial charge in [-0.1, -0.05) is 44.5 Å². The van der Waals surface area contributed by atoms with Crippen LogP contribution < -0.4 is 14.8 Å². The van der Waals surface area contributed by atoms with E-state index in [1.165, 1.54) is 5.56 Å². The number of nitrogens with one attached hydrogen (secondary N) is 1. The van der Waals surface area contributed by atoms with Gasteiger partial charge in [-0.25, -0.2) is 0 Å². The van der Waals surface area contributed by atoms with Crippen molar-refractivity contribution in [3.05, 3.63) is 54.1 Å². The summed E-state index contributed by atoms with van der Waals surface area (Å²) in [5.74, 6) is 1.85. The molecular weight excluding hydrogens is 286 g/mol. The minimum atomic E-state index is 0.747. The molecule has 0 atom stereocenters. The summed E-state index contributed by atoms with van der Waals surface area (Å²) in [5.41, 5.74) is 2.23. The van der Waals surface area contributed by atoms with Crippen LogP contribution in [-0.4, -0.2) is 13.2 Å². The Labute approximate surface area is 139 Å². The molecule has 2 rings (SSSR count). The molecule has 0 saturated heterocycles. The van der Waals surface area contributed by atoms with Gasteiger partial charge < -0.3 is 14.8 Å². The highest BCUT2D eigenvalue weighted by molar-refractivity contribution is 5.56. The van der Waals surface area contributed by atoms with Crippen LogP contribution >= 0.6 is 0 Å². The van der Waals surface area contributed by atoms with Crippen molar-refractivity contribution in [2.45, 2.75) is 39.7 Å². The maximum atomic E-state index is 5.86. The van der Waals surface area contributed by atoms with Crippen molar-refractivity contribution in [2.24, 2.45) is 0 Å². The first-order chi connectivity index (χ1) is 11.3. The van der Waals surface area contributed by atoms with Gasteiger partial charge in [-0.15, -0.1) is 0 Å². The highest BCUT2D eigenvalue weighted by Crippen LogP contribution is 2.25. The molecule has 23 heavy (non-hydrogen) atoms. The third kappa shape index (κ3) is 5.85. The number of rotatable bonds is 10. The first kappa shape index (κ1) is 17.2. The average Bonchev–Trinajstić information content (AvgIpc) is 2.60. The summed E-state index contributed by atoms with van der Waals surface area (Å²) < 4.78 is 11.5. The monoisotopic (exact) mass is 313 g/mol. The van der Waals surface area contributed by atoms with E-state index in [4.69, 9.17) is 9.47 Å². The Morgan fingerprint density at radius 2 is 1.74 bits per heavy atom. The second-order valence-electron chi connectivity index (χ2n) is 5.55. The Hall–Kier alpha value is -2.16. The minimum Gasteiger partial charge on any atom is -0.494 e. The zero-order chi connectivity index (χ0) is 16.3. The molecule has 3 nitrogen and oxygen atoms in total. The Bertz CT molecular complexity index is 583. The highest BCUT2D eigenvalue weighted by atomic mass is 16.5. The Morgan fingerprint density at radius 3 is 2.57 bits per heavy atom. The third-order valence-corrected chi connectivity index (χ3v) is 3.50. The molecule has 0 radical (unpaired) electrons. The van der Waals surface area contributed by atoms with E-state index in [0.29, 0.717) is 0 Å². The van der Waals surface area contributed by atoms with Gasteiger partial charge in [-0.2, -0.15) is 0 Å². The molecule has 0 aliphatic heterocycles. The summed E-state index contributed by atoms with van der Waals surface area (Å²) in [6.45, 7) is 6.54. The fourth-order valence-corrected chi connectivity index (χ4v) is 2.23. The third-order valence-electron chi connectivity index (χ3n) is 3.50. The van der Waals surface area contributed by atoms with Gasteiger partial charge in [0, 0.05) is 6.54 Å². The SMILES string of the molecule is CCCCOc1ccccc1NCc1cccc(OCCC)c1. The fraction of sp³-hybridized carbons (Fsp3) is 0.400. The van der Waals surface area contributed by atoms with Crippen molar-refractivity contribution in [3.63, 3.8) is 0 Å². The largest absolute Gasteiger partial charge is 0.494 e. The minimum absolute atomic E-state index is 0.747. The number of benzene rings is 2. The summed E-state index contributed by atoms with van der Waals surface area (Å²) in [7, 11) is 0. The molecule has 0 aliphatic carbocycles. The summed E-state index contributed by atoms with van der Waals surface area (Å²) in [4.78, 5) is 0. The molecule has 0 aliphatic rings. The van der Waals surface area contributed by atoms with E-state index < -0.39 is 0 Å². The predicted molar refractivity (Wildman–Crippen MR) is 96.4 cm³/mol. The Morgan fingerprint density at radius 1 is 0.870 bits per heavy atom. The molecule has 1 N–H and O–H groups in total. The van der Waals surface area contributed by atoms with Gasteiger partial charge in [0.15, 0.2) is 0 Å². The van der Waals surface area contributed by atoms with Crippen LogP contribution in [0.15, 0.2) is 48.5 Å². The molecule has 0 saturated carbocycles. The van der Waals surface area contributed by atoms with E-state index >= 15 is 0 Å². The molecule has 0 amide bonds. The van der Waals surface area contributed by atoms with Crippen LogP contribution in [0.2, 0.25) is 0 Å². The van der Waals surface area contributed by atoms with Gasteiger partial charge in [0.1, 0.15) is 11.5 Å². The standard InChI is InChI=1S/C20H27NO2/c1-3-5-14-23-20-12-7-6-11-19(20)21-16-17-9-8-10-18(15-17)22-13-4-2/h6-12,15,21H,3-5,13-14,16H2,1-2H3. The van der Waals surface area contributed by atoms with Crippen molar-refractivity contribution in [3.8, 4) is 11.5 Å². The summed E-state index contributed by atoms with van der Waals surface area (Å²) >= 11 is 0. The highest BCUT2D eigenvalue weighted by Gasteiger charge is 2.03. The zero-order valence-electron chi connectivity index (χ0n) is 14.2. The lowest BCUT2D eigenvalue weighted by molar-refractivity contribution is 0.310. The molecule has 0 heterocycles. The van der Waals surface area contributed by atoms with Gasteiger partial charge in [0.05, 0.1) is 18.9 Å². The maximum absolute atomic E-state index is 5.86. The summed E-state index contributed by atoms with van der Waals surface area (Å²) in [6.07, 6.45) is 3.23. The predicted octanol–water partition coefficient (Wildman–Crippen LogP) is 5.27. The molecule has 0 unspecified atom stereocenters. The normalized spacial score (nSPS) is 10.3. The van der Waals surface area contributed by atoms with E-state index in [1.807, 2.05) is 30.3 Å². The van der Waals surface area contributed by atoms with Crippen LogP contribution in [-0.2, 0) is 6.54 Å². The smallest absolute Gasteiger partial charge is 0.142 e. The van der Waals surface area contributed by atoms with Crippen molar-refractivity contribution >= 4 is 5.69 Å². The molecule has 0 fully saturated rings. The lowest BCUT2D eigenvalue weighted by Gasteiger charge is -2.13. The number of anilines is 1. The van der Waals surface area contributed by atoms with E-state index in [0.717, 1.165) is 56.2 Å². The number of hydrogen-bond donors (Lipinski definition) is 1. The number of hydrogen-bond acceptors (Lipinski definition) is 3. The van der Waals surface area contributed by atoms with E-state index in [9.17, 15) is 0 Å². The molecular formula is C20H27NO2. The number of ether oxygens (including phenoxy) is 2. The van der Waals surface area contributed by atoms with E-state index in [-0.39, 0.29) is 0 Å². The molecule has 0 bridgehead atoms. The van der Waals surface area contributed by atoms with Crippen molar-refractivity contribution in [1.82, 2.24) is 0 Å². The Kier molecular flexibility index (Phi) is 7.31. The lowest BCUT2D eigenvalue weighted by atomic mass is 10.2. The molecule has 2 aromatic rings. The zero-order valence-corrected chi connectivity index (χ0v) is 14.2. The van der Waals surface area contributed by atoms with Crippen molar-refractivity contribution < 1.29 is 9.47 Å². The van der Waals surface area contributed by atoms with Gasteiger partial charge in [-0.05, 0) is 42.7 Å². The van der Waals surface area contributed by atoms with Crippen LogP contribution in [0.4, 0.5) is 5.69 Å². The van der Waals surface area contributed by atoms with Crippen LogP contribution in [0.1, 0.15) is 38.7 Å². The number of para-hydroxylation sites is 2. The molecule has 3 heteroatoms. The first-order valence-corrected chi connectivity index (χ1v) is 8.51. The van der Waals surface area contributed by atoms with Crippen LogP contribution in [0.25, 0.3) is 0 Å². The van der Waals surface area contributed by atoms with E-state index in [1.54, 1.807) is 0 Å². The Balaban J connectivity index is 1.95. The van der Waals surface area contributed by atoms with Gasteiger partial charge in [0.25, 0.3) is 0 Å². The van der Waals surface area contributed by atoms with Crippen molar-refractivity contribution in [2.75, 3.05) is 18.5 Å². The fourth-order valence-electron chi connectivity index (χ4n) is 2.23. The molecule has 2 aromatic carbocycles. The first-order valence-electron chi connectivity index (χ1n) is 8.51. The van der Waals surface area contributed by atoms with Gasteiger partial charge >= 0.3 is 0 Å². The van der Waals surface area contributed by atoms with Gasteiger partial charge in [0.2, 0.25) is 0 Å².